The van der Waals surface area contributed by atoms with E-state index < -0.39 is 0 Å². The highest BCUT2D eigenvalue weighted by Gasteiger charge is 2.18. The van der Waals surface area contributed by atoms with Crippen LogP contribution in [0.2, 0.25) is 0 Å². The summed E-state index contributed by atoms with van der Waals surface area (Å²) < 4.78 is 2.57. The molecule has 0 saturated heterocycles. The van der Waals surface area contributed by atoms with Crippen LogP contribution in [0.5, 0.6) is 0 Å². The molecule has 0 aliphatic heterocycles. The summed E-state index contributed by atoms with van der Waals surface area (Å²) in [5.41, 5.74) is 2.27. The van der Waals surface area contributed by atoms with Crippen LogP contribution in [-0.4, -0.2) is 27.0 Å². The highest BCUT2D eigenvalue weighted by molar-refractivity contribution is 9.10. The molecule has 1 unspecified atom stereocenters. The van der Waals surface area contributed by atoms with Crippen molar-refractivity contribution in [2.24, 2.45) is 7.05 Å². The Morgan fingerprint density at radius 2 is 2.12 bits per heavy atom. The van der Waals surface area contributed by atoms with Gasteiger partial charge in [0.25, 0.3) is 0 Å². The van der Waals surface area contributed by atoms with E-state index in [0.717, 1.165) is 16.7 Å². The summed E-state index contributed by atoms with van der Waals surface area (Å²) in [5, 5.41) is 11.3. The van der Waals surface area contributed by atoms with Crippen molar-refractivity contribution in [2.75, 3.05) is 7.05 Å². The Hall–Kier alpha value is -1.27. The van der Waals surface area contributed by atoms with Crippen LogP contribution in [0.15, 0.2) is 29.1 Å². The lowest BCUT2D eigenvalue weighted by Crippen LogP contribution is -2.22. The fourth-order valence-corrected chi connectivity index (χ4v) is 2.40. The minimum Gasteiger partial charge on any atom is -0.311 e. The van der Waals surface area contributed by atoms with E-state index in [9.17, 15) is 0 Å². The first-order valence-corrected chi connectivity index (χ1v) is 6.13. The molecule has 0 aromatic carbocycles. The van der Waals surface area contributed by atoms with E-state index in [0.29, 0.717) is 0 Å². The first kappa shape index (κ1) is 12.2. The van der Waals surface area contributed by atoms with Gasteiger partial charge in [-0.3, -0.25) is 4.98 Å². The number of aryl methyl sites for hydroxylation is 1. The SMILES string of the molecule is CNC(Cc1ccncc1)c1c(Br)nnn1C. The molecule has 0 aliphatic carbocycles. The maximum absolute atomic E-state index is 4.02. The van der Waals surface area contributed by atoms with E-state index in [1.54, 1.807) is 17.1 Å². The van der Waals surface area contributed by atoms with Gasteiger partial charge in [-0.15, -0.1) is 5.10 Å². The van der Waals surface area contributed by atoms with E-state index in [1.165, 1.54) is 5.56 Å². The lowest BCUT2D eigenvalue weighted by atomic mass is 10.1. The zero-order valence-electron chi connectivity index (χ0n) is 9.76. The summed E-state index contributed by atoms with van der Waals surface area (Å²) in [6, 6.07) is 4.20. The van der Waals surface area contributed by atoms with Crippen LogP contribution >= 0.6 is 15.9 Å². The first-order valence-electron chi connectivity index (χ1n) is 5.33. The molecule has 5 nitrogen and oxygen atoms in total. The summed E-state index contributed by atoms with van der Waals surface area (Å²) in [6.07, 6.45) is 4.48. The molecule has 0 bridgehead atoms. The average Bonchev–Trinajstić information content (AvgIpc) is 2.68. The van der Waals surface area contributed by atoms with Crippen molar-refractivity contribution in [3.8, 4) is 0 Å². The van der Waals surface area contributed by atoms with E-state index >= 15 is 0 Å². The van der Waals surface area contributed by atoms with Crippen LogP contribution in [0.25, 0.3) is 0 Å². The van der Waals surface area contributed by atoms with E-state index in [2.05, 4.69) is 36.5 Å². The van der Waals surface area contributed by atoms with E-state index in [1.807, 2.05) is 26.2 Å². The average molecular weight is 296 g/mol. The number of nitrogens with zero attached hydrogens (tertiary/aromatic N) is 4. The van der Waals surface area contributed by atoms with Crippen molar-refractivity contribution < 1.29 is 0 Å². The maximum atomic E-state index is 4.02. The molecule has 90 valence electrons. The topological polar surface area (TPSA) is 55.6 Å². The van der Waals surface area contributed by atoms with Gasteiger partial charge >= 0.3 is 0 Å². The second-order valence-corrected chi connectivity index (χ2v) is 4.54. The predicted octanol–water partition coefficient (Wildman–Crippen LogP) is 1.48. The Bertz CT molecular complexity index is 462. The van der Waals surface area contributed by atoms with Gasteiger partial charge in [0.05, 0.1) is 11.7 Å². The van der Waals surface area contributed by atoms with Crippen LogP contribution in [0.3, 0.4) is 0 Å². The summed E-state index contributed by atoms with van der Waals surface area (Å²) in [7, 11) is 3.83. The fourth-order valence-electron chi connectivity index (χ4n) is 1.80. The predicted molar refractivity (Wildman–Crippen MR) is 68.4 cm³/mol. The smallest absolute Gasteiger partial charge is 0.153 e. The molecule has 2 rings (SSSR count). The van der Waals surface area contributed by atoms with Crippen LogP contribution in [0.1, 0.15) is 17.3 Å². The minimum absolute atomic E-state index is 0.173. The number of rotatable bonds is 4. The van der Waals surface area contributed by atoms with Gasteiger partial charge in [-0.05, 0) is 47.1 Å². The molecule has 6 heteroatoms. The van der Waals surface area contributed by atoms with Crippen molar-refractivity contribution in [1.29, 1.82) is 0 Å². The largest absolute Gasteiger partial charge is 0.311 e. The molecule has 0 fully saturated rings. The van der Waals surface area contributed by atoms with Gasteiger partial charge in [0.2, 0.25) is 0 Å². The van der Waals surface area contributed by atoms with Crippen LogP contribution < -0.4 is 5.32 Å². The summed E-state index contributed by atoms with van der Waals surface area (Å²) in [6.45, 7) is 0. The van der Waals surface area contributed by atoms with E-state index in [4.69, 9.17) is 0 Å². The molecule has 0 radical (unpaired) electrons. The lowest BCUT2D eigenvalue weighted by Gasteiger charge is -2.16. The summed E-state index contributed by atoms with van der Waals surface area (Å²) >= 11 is 3.43. The fraction of sp³-hybridized carbons (Fsp3) is 0.364. The summed E-state index contributed by atoms with van der Waals surface area (Å²) in [4.78, 5) is 4.02. The van der Waals surface area contributed by atoms with Gasteiger partial charge in [-0.2, -0.15) is 0 Å². The standard InChI is InChI=1S/C11H14BrN5/c1-13-9(7-8-3-5-14-6-4-8)10-11(12)15-16-17(10)2/h3-6,9,13H,7H2,1-2H3. The molecule has 0 aliphatic rings. The van der Waals surface area contributed by atoms with Crippen LogP contribution in [-0.2, 0) is 13.5 Å². The second kappa shape index (κ2) is 5.37. The summed E-state index contributed by atoms with van der Waals surface area (Å²) in [5.74, 6) is 0. The maximum Gasteiger partial charge on any atom is 0.153 e. The van der Waals surface area contributed by atoms with Gasteiger partial charge < -0.3 is 5.32 Å². The third kappa shape index (κ3) is 2.70. The first-order chi connectivity index (χ1) is 8.22. The molecule has 2 aromatic rings. The molecule has 0 spiro atoms. The molecule has 17 heavy (non-hydrogen) atoms. The molecule has 0 amide bonds. The van der Waals surface area contributed by atoms with Crippen molar-refractivity contribution >= 4 is 15.9 Å². The molecular weight excluding hydrogens is 282 g/mol. The Labute approximate surface area is 108 Å². The van der Waals surface area contributed by atoms with Gasteiger partial charge in [0.15, 0.2) is 4.60 Å². The normalized spacial score (nSPS) is 12.6. The van der Waals surface area contributed by atoms with Crippen molar-refractivity contribution in [3.63, 3.8) is 0 Å². The number of halogens is 1. The Morgan fingerprint density at radius 1 is 1.41 bits per heavy atom. The zero-order valence-corrected chi connectivity index (χ0v) is 11.3. The van der Waals surface area contributed by atoms with Gasteiger partial charge in [-0.1, -0.05) is 5.21 Å². The third-order valence-corrected chi connectivity index (χ3v) is 3.26. The second-order valence-electron chi connectivity index (χ2n) is 3.79. The quantitative estimate of drug-likeness (QED) is 0.928. The van der Waals surface area contributed by atoms with Crippen molar-refractivity contribution in [2.45, 2.75) is 12.5 Å². The third-order valence-electron chi connectivity index (χ3n) is 2.69. The van der Waals surface area contributed by atoms with Crippen molar-refractivity contribution in [3.05, 3.63) is 40.4 Å². The molecule has 1 N–H and O–H groups in total. The van der Waals surface area contributed by atoms with Crippen molar-refractivity contribution in [1.82, 2.24) is 25.3 Å². The monoisotopic (exact) mass is 295 g/mol. The molecule has 1 atom stereocenters. The zero-order chi connectivity index (χ0) is 12.3. The Balaban J connectivity index is 2.23. The number of hydrogen-bond donors (Lipinski definition) is 1. The highest BCUT2D eigenvalue weighted by atomic mass is 79.9. The van der Waals surface area contributed by atoms with Crippen LogP contribution in [0.4, 0.5) is 0 Å². The van der Waals surface area contributed by atoms with Gasteiger partial charge in [0.1, 0.15) is 0 Å². The minimum atomic E-state index is 0.173. The molecule has 2 heterocycles. The number of nitrogens with one attached hydrogen (secondary N) is 1. The molecular formula is C11H14BrN5. The molecule has 2 aromatic heterocycles. The number of likely N-dealkylation sites (N-methyl/N-ethyl adjacent to an activating group) is 1. The Kier molecular flexibility index (Phi) is 3.86. The number of pyridine rings is 1. The number of aromatic nitrogens is 4. The van der Waals surface area contributed by atoms with Crippen LogP contribution in [0, 0.1) is 0 Å². The molecule has 0 saturated carbocycles. The Morgan fingerprint density at radius 3 is 2.65 bits per heavy atom. The van der Waals surface area contributed by atoms with Gasteiger partial charge in [0, 0.05) is 19.4 Å². The van der Waals surface area contributed by atoms with E-state index in [-0.39, 0.29) is 6.04 Å². The van der Waals surface area contributed by atoms with Gasteiger partial charge in [-0.25, -0.2) is 4.68 Å². The lowest BCUT2D eigenvalue weighted by molar-refractivity contribution is 0.533. The highest BCUT2D eigenvalue weighted by Crippen LogP contribution is 2.23. The number of hydrogen-bond acceptors (Lipinski definition) is 4.